The van der Waals surface area contributed by atoms with Crippen molar-refractivity contribution in [1.29, 1.82) is 0 Å². The van der Waals surface area contributed by atoms with Crippen LogP contribution in [0.1, 0.15) is 76.6 Å². The molecule has 0 saturated heterocycles. The van der Waals surface area contributed by atoms with Crippen molar-refractivity contribution in [3.63, 3.8) is 0 Å². The van der Waals surface area contributed by atoms with Gasteiger partial charge in [0.1, 0.15) is 18.5 Å². The zero-order chi connectivity index (χ0) is 22.6. The van der Waals surface area contributed by atoms with Crippen LogP contribution < -0.4 is 10.1 Å². The molecular weight excluding hydrogens is 382 g/mol. The highest BCUT2D eigenvalue weighted by Gasteiger charge is 2.28. The Balaban J connectivity index is 1.92. The molecule has 1 aliphatic carbocycles. The van der Waals surface area contributed by atoms with Crippen molar-refractivity contribution in [2.24, 2.45) is 0 Å². The fourth-order valence-electron chi connectivity index (χ4n) is 3.60. The quantitative estimate of drug-likeness (QED) is 0.518. The van der Waals surface area contributed by atoms with E-state index in [0.29, 0.717) is 19.2 Å². The van der Waals surface area contributed by atoms with E-state index in [2.05, 4.69) is 95.4 Å². The van der Waals surface area contributed by atoms with Crippen LogP contribution >= 0.6 is 0 Å². The van der Waals surface area contributed by atoms with Gasteiger partial charge in [0.25, 0.3) is 0 Å². The van der Waals surface area contributed by atoms with E-state index in [0.717, 1.165) is 5.75 Å². The molecule has 0 aromatic heterocycles. The second kappa shape index (κ2) is 9.58. The van der Waals surface area contributed by atoms with Gasteiger partial charge < -0.3 is 15.2 Å². The summed E-state index contributed by atoms with van der Waals surface area (Å²) < 4.78 is 6.34. The molecule has 1 atom stereocenters. The predicted molar refractivity (Wildman–Crippen MR) is 132 cm³/mol. The molecule has 31 heavy (non-hydrogen) atoms. The Hall–Kier alpha value is -2.10. The van der Waals surface area contributed by atoms with Crippen LogP contribution in [0.4, 0.5) is 0 Å². The summed E-state index contributed by atoms with van der Waals surface area (Å²) in [6.45, 7) is 14.2. The zero-order valence-corrected chi connectivity index (χ0v) is 20.0. The van der Waals surface area contributed by atoms with Gasteiger partial charge in [-0.05, 0) is 46.9 Å². The summed E-state index contributed by atoms with van der Waals surface area (Å²) >= 11 is 0. The van der Waals surface area contributed by atoms with Crippen LogP contribution in [-0.2, 0) is 10.8 Å². The molecule has 168 valence electrons. The maximum atomic E-state index is 10.4. The molecule has 2 aromatic carbocycles. The van der Waals surface area contributed by atoms with E-state index in [1.54, 1.807) is 0 Å². The predicted octanol–water partition coefficient (Wildman–Crippen LogP) is 5.94. The van der Waals surface area contributed by atoms with Gasteiger partial charge in [0.15, 0.2) is 0 Å². The van der Waals surface area contributed by atoms with Crippen LogP contribution in [0.25, 0.3) is 12.2 Å². The van der Waals surface area contributed by atoms with Crippen LogP contribution in [0.3, 0.4) is 0 Å². The van der Waals surface area contributed by atoms with E-state index in [4.69, 9.17) is 4.74 Å². The molecule has 0 aliphatic heterocycles. The molecule has 2 N–H and O–H groups in total. The second-order valence-electron chi connectivity index (χ2n) is 10.8. The molecule has 1 aliphatic rings. The molecule has 0 bridgehead atoms. The lowest BCUT2D eigenvalue weighted by atomic mass is 9.78. The minimum atomic E-state index is -0.515. The Morgan fingerprint density at radius 1 is 0.935 bits per heavy atom. The van der Waals surface area contributed by atoms with Crippen molar-refractivity contribution in [2.45, 2.75) is 77.4 Å². The second-order valence-corrected chi connectivity index (χ2v) is 10.8. The average molecular weight is 422 g/mol. The molecule has 1 saturated carbocycles. The van der Waals surface area contributed by atoms with Crippen molar-refractivity contribution < 1.29 is 9.84 Å². The summed E-state index contributed by atoms with van der Waals surface area (Å²) in [5.74, 6) is 0.919. The Labute approximate surface area is 188 Å². The molecule has 0 amide bonds. The molecule has 0 heterocycles. The summed E-state index contributed by atoms with van der Waals surface area (Å²) in [6, 6.07) is 15.4. The van der Waals surface area contributed by atoms with Gasteiger partial charge >= 0.3 is 0 Å². The SMILES string of the molecule is CC(C)(C)c1cc(/C=C/c2ccccc2)cc(C(C)(C)C)c1OCC(O)CNC1CC1. The number of benzene rings is 2. The van der Waals surface area contributed by atoms with Gasteiger partial charge in [-0.3, -0.25) is 0 Å². The van der Waals surface area contributed by atoms with Crippen LogP contribution in [0.2, 0.25) is 0 Å². The first-order chi connectivity index (χ1) is 14.5. The van der Waals surface area contributed by atoms with Crippen LogP contribution in [0.15, 0.2) is 42.5 Å². The Morgan fingerprint density at radius 3 is 2.00 bits per heavy atom. The van der Waals surface area contributed by atoms with Gasteiger partial charge in [0, 0.05) is 23.7 Å². The summed E-state index contributed by atoms with van der Waals surface area (Å²) in [5.41, 5.74) is 4.54. The van der Waals surface area contributed by atoms with Gasteiger partial charge in [-0.2, -0.15) is 0 Å². The smallest absolute Gasteiger partial charge is 0.126 e. The lowest BCUT2D eigenvalue weighted by molar-refractivity contribution is 0.104. The first-order valence-electron chi connectivity index (χ1n) is 11.5. The average Bonchev–Trinajstić information content (AvgIpc) is 3.53. The third-order valence-corrected chi connectivity index (χ3v) is 5.63. The first kappa shape index (κ1) is 23.6. The molecule has 3 nitrogen and oxygen atoms in total. The highest BCUT2D eigenvalue weighted by Crippen LogP contribution is 2.41. The molecular formula is C28H39NO2. The number of rotatable bonds is 8. The molecule has 1 fully saturated rings. The highest BCUT2D eigenvalue weighted by molar-refractivity contribution is 5.71. The van der Waals surface area contributed by atoms with Crippen LogP contribution in [-0.4, -0.2) is 30.4 Å². The van der Waals surface area contributed by atoms with Crippen molar-refractivity contribution in [1.82, 2.24) is 5.32 Å². The standard InChI is InChI=1S/C28H39NO2/c1-27(2,3)24-16-21(13-12-20-10-8-7-9-11-20)17-25(28(4,5)6)26(24)31-19-23(30)18-29-22-14-15-22/h7-13,16-17,22-23,29-30H,14-15,18-19H2,1-6H3/b13-12+. The molecule has 2 aromatic rings. The number of aliphatic hydroxyl groups excluding tert-OH is 1. The molecule has 0 radical (unpaired) electrons. The summed E-state index contributed by atoms with van der Waals surface area (Å²) in [6.07, 6.45) is 6.25. The van der Waals surface area contributed by atoms with Gasteiger partial charge in [0.05, 0.1) is 0 Å². The molecule has 3 rings (SSSR count). The summed E-state index contributed by atoms with van der Waals surface area (Å²) in [7, 11) is 0. The number of aliphatic hydroxyl groups is 1. The number of nitrogens with one attached hydrogen (secondary N) is 1. The number of hydrogen-bond acceptors (Lipinski definition) is 3. The van der Waals surface area contributed by atoms with E-state index in [1.807, 2.05) is 6.07 Å². The van der Waals surface area contributed by atoms with E-state index in [-0.39, 0.29) is 10.8 Å². The molecule has 0 spiro atoms. The lowest BCUT2D eigenvalue weighted by Crippen LogP contribution is -2.33. The monoisotopic (exact) mass is 421 g/mol. The van der Waals surface area contributed by atoms with Crippen molar-refractivity contribution >= 4 is 12.2 Å². The number of ether oxygens (including phenoxy) is 1. The highest BCUT2D eigenvalue weighted by atomic mass is 16.5. The molecule has 1 unspecified atom stereocenters. The van der Waals surface area contributed by atoms with Crippen molar-refractivity contribution in [3.8, 4) is 5.75 Å². The summed E-state index contributed by atoms with van der Waals surface area (Å²) in [5, 5.41) is 13.8. The largest absolute Gasteiger partial charge is 0.490 e. The van der Waals surface area contributed by atoms with Gasteiger partial charge in [-0.25, -0.2) is 0 Å². The van der Waals surface area contributed by atoms with Crippen LogP contribution in [0, 0.1) is 0 Å². The maximum Gasteiger partial charge on any atom is 0.126 e. The lowest BCUT2D eigenvalue weighted by Gasteiger charge is -2.31. The van der Waals surface area contributed by atoms with Gasteiger partial charge in [-0.1, -0.05) is 84.0 Å². The zero-order valence-electron chi connectivity index (χ0n) is 20.0. The van der Waals surface area contributed by atoms with Gasteiger partial charge in [0.2, 0.25) is 0 Å². The summed E-state index contributed by atoms with van der Waals surface area (Å²) in [4.78, 5) is 0. The fraction of sp³-hybridized carbons (Fsp3) is 0.500. The van der Waals surface area contributed by atoms with E-state index >= 15 is 0 Å². The third-order valence-electron chi connectivity index (χ3n) is 5.63. The van der Waals surface area contributed by atoms with E-state index in [9.17, 15) is 5.11 Å². The number of hydrogen-bond donors (Lipinski definition) is 2. The van der Waals surface area contributed by atoms with Crippen molar-refractivity contribution in [3.05, 3.63) is 64.7 Å². The Kier molecular flexibility index (Phi) is 7.28. The topological polar surface area (TPSA) is 41.5 Å². The van der Waals surface area contributed by atoms with Gasteiger partial charge in [-0.15, -0.1) is 0 Å². The van der Waals surface area contributed by atoms with E-state index in [1.165, 1.54) is 35.1 Å². The Bertz CT molecular complexity index is 848. The maximum absolute atomic E-state index is 10.4. The first-order valence-corrected chi connectivity index (χ1v) is 11.5. The van der Waals surface area contributed by atoms with Crippen LogP contribution in [0.5, 0.6) is 5.75 Å². The minimum Gasteiger partial charge on any atom is -0.490 e. The minimum absolute atomic E-state index is 0.0802. The third kappa shape index (κ3) is 6.95. The fourth-order valence-corrected chi connectivity index (χ4v) is 3.60. The molecule has 3 heteroatoms. The Morgan fingerprint density at radius 2 is 1.48 bits per heavy atom. The van der Waals surface area contributed by atoms with E-state index < -0.39 is 6.10 Å². The normalized spacial score (nSPS) is 16.0. The van der Waals surface area contributed by atoms with Crippen molar-refractivity contribution in [2.75, 3.05) is 13.2 Å².